The van der Waals surface area contributed by atoms with E-state index >= 15 is 0 Å². The fraction of sp³-hybridized carbons (Fsp3) is 0.476. The van der Waals surface area contributed by atoms with Crippen LogP contribution in [0.4, 0.5) is 0 Å². The first kappa shape index (κ1) is 17.8. The van der Waals surface area contributed by atoms with Crippen molar-refractivity contribution in [2.24, 2.45) is 5.92 Å². The van der Waals surface area contributed by atoms with Crippen LogP contribution in [-0.4, -0.2) is 38.2 Å². The normalized spacial score (nSPS) is 19.2. The van der Waals surface area contributed by atoms with E-state index in [0.717, 1.165) is 36.2 Å². The number of carbonyl (C=O) groups excluding carboxylic acids is 1. The molecule has 2 heterocycles. The maximum atomic E-state index is 13.3. The van der Waals surface area contributed by atoms with Crippen LogP contribution in [-0.2, 0) is 17.9 Å². The monoisotopic (exact) mass is 367 g/mol. The predicted molar refractivity (Wildman–Crippen MR) is 101 cm³/mol. The smallest absolute Gasteiger partial charge is 0.312 e. The van der Waals surface area contributed by atoms with Crippen LogP contribution in [0, 0.1) is 5.92 Å². The van der Waals surface area contributed by atoms with Crippen molar-refractivity contribution < 1.29 is 14.7 Å². The molecule has 1 fully saturated rings. The molecule has 1 saturated carbocycles. The van der Waals surface area contributed by atoms with Crippen molar-refractivity contribution in [1.82, 2.24) is 14.7 Å². The van der Waals surface area contributed by atoms with Gasteiger partial charge in [-0.05, 0) is 29.9 Å². The van der Waals surface area contributed by atoms with Crippen LogP contribution in [0.1, 0.15) is 65.7 Å². The molecule has 1 amide bonds. The van der Waals surface area contributed by atoms with Crippen molar-refractivity contribution in [1.29, 1.82) is 0 Å². The Morgan fingerprint density at radius 2 is 2.00 bits per heavy atom. The minimum Gasteiger partial charge on any atom is -0.481 e. The Balaban J connectivity index is 1.66. The highest BCUT2D eigenvalue weighted by molar-refractivity contribution is 5.96. The first-order valence-corrected chi connectivity index (χ1v) is 9.61. The Bertz CT molecular complexity index is 883. The van der Waals surface area contributed by atoms with E-state index in [1.807, 2.05) is 28.9 Å². The van der Waals surface area contributed by atoms with Crippen molar-refractivity contribution in [2.45, 2.75) is 51.6 Å². The summed E-state index contributed by atoms with van der Waals surface area (Å²) in [6.07, 6.45) is 3.85. The topological polar surface area (TPSA) is 75.4 Å². The van der Waals surface area contributed by atoms with Gasteiger partial charge in [-0.15, -0.1) is 0 Å². The minimum absolute atomic E-state index is 0.104. The molecule has 1 aromatic carbocycles. The first-order chi connectivity index (χ1) is 13.0. The molecule has 2 aromatic rings. The van der Waals surface area contributed by atoms with Gasteiger partial charge in [-0.3, -0.25) is 14.3 Å². The maximum absolute atomic E-state index is 13.3. The molecule has 1 aliphatic heterocycles. The standard InChI is InChI=1S/C21H25N3O3/c1-13(2)10-24-19(14-7-8-14)17(9-22-24)20(25)23-11-15-5-3-4-6-16(15)18(12-23)21(26)27/h3-6,9,13-14,18H,7-8,10-12H2,1-2H3,(H,26,27). The number of aliphatic carboxylic acids is 1. The first-order valence-electron chi connectivity index (χ1n) is 9.61. The van der Waals surface area contributed by atoms with E-state index in [9.17, 15) is 14.7 Å². The molecule has 27 heavy (non-hydrogen) atoms. The summed E-state index contributed by atoms with van der Waals surface area (Å²) < 4.78 is 1.97. The lowest BCUT2D eigenvalue weighted by Gasteiger charge is -2.32. The summed E-state index contributed by atoms with van der Waals surface area (Å²) in [6.45, 7) is 5.71. The summed E-state index contributed by atoms with van der Waals surface area (Å²) in [7, 11) is 0. The van der Waals surface area contributed by atoms with Crippen molar-refractivity contribution in [2.75, 3.05) is 6.54 Å². The van der Waals surface area contributed by atoms with Crippen LogP contribution >= 0.6 is 0 Å². The number of benzene rings is 1. The van der Waals surface area contributed by atoms with Crippen molar-refractivity contribution >= 4 is 11.9 Å². The molecule has 1 aliphatic carbocycles. The number of hydrogen-bond donors (Lipinski definition) is 1. The maximum Gasteiger partial charge on any atom is 0.312 e. The molecule has 1 N–H and O–H groups in total. The fourth-order valence-corrected chi connectivity index (χ4v) is 3.98. The van der Waals surface area contributed by atoms with Gasteiger partial charge in [-0.25, -0.2) is 0 Å². The third-order valence-corrected chi connectivity index (χ3v) is 5.39. The number of rotatable bonds is 5. The number of carboxylic acid groups (broad SMARTS) is 1. The zero-order valence-corrected chi connectivity index (χ0v) is 15.8. The number of nitrogens with zero attached hydrogens (tertiary/aromatic N) is 3. The number of fused-ring (bicyclic) bond motifs is 1. The van der Waals surface area contributed by atoms with E-state index in [1.165, 1.54) is 0 Å². The highest BCUT2D eigenvalue weighted by atomic mass is 16.4. The average molecular weight is 367 g/mol. The number of hydrogen-bond acceptors (Lipinski definition) is 3. The number of carbonyl (C=O) groups is 2. The van der Waals surface area contributed by atoms with Crippen LogP contribution < -0.4 is 0 Å². The van der Waals surface area contributed by atoms with Gasteiger partial charge < -0.3 is 10.0 Å². The van der Waals surface area contributed by atoms with E-state index in [-0.39, 0.29) is 12.5 Å². The molecule has 1 unspecified atom stereocenters. The van der Waals surface area contributed by atoms with Gasteiger partial charge >= 0.3 is 5.97 Å². The molecule has 6 nitrogen and oxygen atoms in total. The minimum atomic E-state index is -0.891. The molecule has 1 aromatic heterocycles. The highest BCUT2D eigenvalue weighted by Gasteiger charge is 2.37. The number of amides is 1. The van der Waals surface area contributed by atoms with Gasteiger partial charge in [0, 0.05) is 25.6 Å². The van der Waals surface area contributed by atoms with Crippen LogP contribution in [0.15, 0.2) is 30.5 Å². The lowest BCUT2D eigenvalue weighted by Crippen LogP contribution is -2.40. The summed E-state index contributed by atoms with van der Waals surface area (Å²) in [5, 5.41) is 14.1. The zero-order chi connectivity index (χ0) is 19.1. The molecule has 0 bridgehead atoms. The third kappa shape index (κ3) is 3.36. The summed E-state index contributed by atoms with van der Waals surface area (Å²) in [4.78, 5) is 26.8. The second kappa shape index (κ2) is 6.83. The van der Waals surface area contributed by atoms with Gasteiger partial charge in [0.15, 0.2) is 0 Å². The molecule has 4 rings (SSSR count). The van der Waals surface area contributed by atoms with Crippen LogP contribution in [0.2, 0.25) is 0 Å². The third-order valence-electron chi connectivity index (χ3n) is 5.39. The molecule has 0 radical (unpaired) electrons. The molecule has 1 atom stereocenters. The highest BCUT2D eigenvalue weighted by Crippen LogP contribution is 2.42. The van der Waals surface area contributed by atoms with Crippen LogP contribution in [0.3, 0.4) is 0 Å². The predicted octanol–water partition coefficient (Wildman–Crippen LogP) is 3.24. The van der Waals surface area contributed by atoms with Crippen LogP contribution in [0.25, 0.3) is 0 Å². The summed E-state index contributed by atoms with van der Waals surface area (Å²) in [5.74, 6) is -0.833. The zero-order valence-electron chi connectivity index (χ0n) is 15.8. The van der Waals surface area contributed by atoms with E-state index < -0.39 is 11.9 Å². The summed E-state index contributed by atoms with van der Waals surface area (Å²) in [5.41, 5.74) is 3.39. The molecule has 0 saturated heterocycles. The largest absolute Gasteiger partial charge is 0.481 e. The van der Waals surface area contributed by atoms with E-state index in [2.05, 4.69) is 18.9 Å². The van der Waals surface area contributed by atoms with Gasteiger partial charge in [-0.2, -0.15) is 5.10 Å². The van der Waals surface area contributed by atoms with E-state index in [1.54, 1.807) is 11.1 Å². The van der Waals surface area contributed by atoms with Gasteiger partial charge in [-0.1, -0.05) is 38.1 Å². The second-order valence-electron chi connectivity index (χ2n) is 8.07. The van der Waals surface area contributed by atoms with Gasteiger partial charge in [0.2, 0.25) is 0 Å². The molecule has 2 aliphatic rings. The van der Waals surface area contributed by atoms with Gasteiger partial charge in [0.05, 0.1) is 23.4 Å². The Labute approximate surface area is 158 Å². The van der Waals surface area contributed by atoms with E-state index in [4.69, 9.17) is 0 Å². The average Bonchev–Trinajstić information content (AvgIpc) is 3.40. The van der Waals surface area contributed by atoms with E-state index in [0.29, 0.717) is 23.9 Å². The quantitative estimate of drug-likeness (QED) is 0.880. The number of aromatic nitrogens is 2. The molecule has 6 heteroatoms. The molecule has 0 spiro atoms. The summed E-state index contributed by atoms with van der Waals surface area (Å²) >= 11 is 0. The second-order valence-corrected chi connectivity index (χ2v) is 8.07. The Kier molecular flexibility index (Phi) is 4.50. The van der Waals surface area contributed by atoms with Crippen molar-refractivity contribution in [3.05, 3.63) is 52.8 Å². The summed E-state index contributed by atoms with van der Waals surface area (Å²) in [6, 6.07) is 7.51. The lowest BCUT2D eigenvalue weighted by atomic mass is 9.89. The lowest BCUT2D eigenvalue weighted by molar-refractivity contribution is -0.139. The number of carboxylic acids is 1. The van der Waals surface area contributed by atoms with Crippen molar-refractivity contribution in [3.8, 4) is 0 Å². The molecular formula is C21H25N3O3. The fourth-order valence-electron chi connectivity index (χ4n) is 3.98. The Morgan fingerprint density at radius 3 is 2.67 bits per heavy atom. The Morgan fingerprint density at radius 1 is 1.26 bits per heavy atom. The van der Waals surface area contributed by atoms with Crippen molar-refractivity contribution in [3.63, 3.8) is 0 Å². The van der Waals surface area contributed by atoms with Gasteiger partial charge in [0.25, 0.3) is 5.91 Å². The van der Waals surface area contributed by atoms with Gasteiger partial charge in [0.1, 0.15) is 0 Å². The SMILES string of the molecule is CC(C)Cn1ncc(C(=O)N2Cc3ccccc3C(C(=O)O)C2)c1C1CC1. The Hall–Kier alpha value is -2.63. The molecular weight excluding hydrogens is 342 g/mol. The molecule has 142 valence electrons. The van der Waals surface area contributed by atoms with Crippen LogP contribution in [0.5, 0.6) is 0 Å².